The quantitative estimate of drug-likeness (QED) is 0.0409. The van der Waals surface area contributed by atoms with E-state index in [1.807, 2.05) is 66.9 Å². The van der Waals surface area contributed by atoms with E-state index in [1.54, 1.807) is 85.1 Å². The molecule has 4 heterocycles. The molecule has 7 aromatic rings. The fraction of sp³-hybridized carbons (Fsp3) is 0.180. The van der Waals surface area contributed by atoms with Crippen LogP contribution in [0.2, 0.25) is 0 Å². The Morgan fingerprint density at radius 1 is 0.583 bits per heavy atom. The maximum Gasteiger partial charge on any atom is 0.261 e. The number of aldehydes is 2. The van der Waals surface area contributed by atoms with E-state index < -0.39 is 24.0 Å². The van der Waals surface area contributed by atoms with Crippen LogP contribution in [0.1, 0.15) is 111 Å². The van der Waals surface area contributed by atoms with Crippen LogP contribution < -0.4 is 13.3 Å². The number of aromatic nitrogens is 1. The Bertz CT molecular complexity index is 3400. The summed E-state index contributed by atoms with van der Waals surface area (Å²) in [4.78, 5) is 104. The van der Waals surface area contributed by atoms with E-state index in [9.17, 15) is 48.6 Å². The maximum absolute atomic E-state index is 12.3. The van der Waals surface area contributed by atoms with E-state index in [4.69, 9.17) is 6.42 Å². The van der Waals surface area contributed by atoms with Gasteiger partial charge in [0.1, 0.15) is 6.29 Å². The van der Waals surface area contributed by atoms with Crippen molar-refractivity contribution in [3.05, 3.63) is 215 Å². The molecule has 3 aliphatic rings. The SMILES string of the molecule is C#CCC(O)CN1C(=O)c2ccccc2C1=O.CC(C)(C)N=Cc1ccccc1I.I.II.I[I-]I.O=C1c2ccccc2C(=O)N1CC(O)Cc1cc2ccccc2cn1.O=CCN1C(=O)c2ccccc2C1=O.O=Cc1ccccc1I. The largest absolute Gasteiger partial charge is 0.391 e. The molecule has 0 aliphatic carbocycles. The van der Waals surface area contributed by atoms with Crippen LogP contribution in [-0.4, -0.2) is 122 Å². The van der Waals surface area contributed by atoms with Crippen LogP contribution in [0.15, 0.2) is 163 Å². The Hall–Kier alpha value is -3.52. The number of carbonyl (C=O) groups excluding carboxylic acids is 8. The van der Waals surface area contributed by atoms with Crippen LogP contribution in [0, 0.1) is 19.5 Å². The second-order valence-electron chi connectivity index (χ2n) is 18.6. The number of amides is 6. The number of aliphatic hydroxyl groups is 2. The van der Waals surface area contributed by atoms with E-state index in [0.717, 1.165) is 46.6 Å². The number of aliphatic imine (C=N–C) groups is 1. The van der Waals surface area contributed by atoms with Crippen molar-refractivity contribution >= 4 is 209 Å². The Balaban J connectivity index is 0.000000279. The van der Waals surface area contributed by atoms with Gasteiger partial charge in [-0.05, 0) is 126 Å². The molecule has 0 fully saturated rings. The Morgan fingerprint density at radius 2 is 0.940 bits per heavy atom. The summed E-state index contributed by atoms with van der Waals surface area (Å²) in [6.45, 7) is 6.02. The summed E-state index contributed by atoms with van der Waals surface area (Å²) in [5, 5.41) is 22.0. The van der Waals surface area contributed by atoms with Crippen LogP contribution in [0.4, 0.5) is 0 Å². The van der Waals surface area contributed by atoms with Crippen molar-refractivity contribution in [2.45, 2.75) is 51.4 Å². The van der Waals surface area contributed by atoms with Gasteiger partial charge in [0.15, 0.2) is 6.29 Å². The molecule has 2 atom stereocenters. The van der Waals surface area contributed by atoms with Crippen molar-refractivity contribution < 1.29 is 61.8 Å². The molecule has 0 saturated carbocycles. The van der Waals surface area contributed by atoms with Crippen LogP contribution >= 0.6 is 144 Å². The number of hydrogen-bond donors (Lipinski definition) is 2. The van der Waals surface area contributed by atoms with Gasteiger partial charge in [-0.15, -0.1) is 36.3 Å². The molecule has 2 unspecified atom stereocenters. The fourth-order valence-corrected chi connectivity index (χ4v) is 8.91. The molecular weight excluding hydrogens is 1980 g/mol. The topological polar surface area (TPSA) is 212 Å². The number of nitrogens with zero attached hydrogens (tertiary/aromatic N) is 5. The number of β-amino-alcohol motifs (C(OH)–C–C–N with tert-alkyl or cyclic N) is 2. The van der Waals surface area contributed by atoms with Crippen molar-refractivity contribution in [2.24, 2.45) is 4.99 Å². The number of benzene rings is 6. The molecule has 15 nitrogen and oxygen atoms in total. The van der Waals surface area contributed by atoms with Crippen molar-refractivity contribution in [2.75, 3.05) is 19.6 Å². The van der Waals surface area contributed by atoms with Gasteiger partial charge >= 0.3 is 50.5 Å². The minimum absolute atomic E-state index is 0. The zero-order valence-electron chi connectivity index (χ0n) is 45.0. The molecule has 0 spiro atoms. The molecule has 23 heteroatoms. The van der Waals surface area contributed by atoms with Gasteiger partial charge < -0.3 is 15.0 Å². The minimum Gasteiger partial charge on any atom is -0.391 e. The molecule has 84 heavy (non-hydrogen) atoms. The first-order chi connectivity index (χ1) is 39.8. The summed E-state index contributed by atoms with van der Waals surface area (Å²) in [5.41, 5.74) is 4.99. The van der Waals surface area contributed by atoms with Gasteiger partial charge in [-0.1, -0.05) is 97.1 Å². The smallest absolute Gasteiger partial charge is 0.261 e. The minimum atomic E-state index is -0.873. The van der Waals surface area contributed by atoms with Gasteiger partial charge in [-0.25, -0.2) is 0 Å². The molecule has 10 rings (SSSR count). The summed E-state index contributed by atoms with van der Waals surface area (Å²) in [5.74, 6) is 0.0532. The molecule has 1 aromatic heterocycles. The number of fused-ring (bicyclic) bond motifs is 4. The third-order valence-corrected chi connectivity index (χ3v) is 13.7. The average molecular weight is 2030 g/mol. The van der Waals surface area contributed by atoms with Gasteiger partial charge in [0, 0.05) is 91.8 Å². The molecule has 0 saturated heterocycles. The number of aliphatic hydroxyl groups excluding tert-OH is 2. The number of hydrogen-bond acceptors (Lipinski definition) is 12. The van der Waals surface area contributed by atoms with E-state index >= 15 is 0 Å². The van der Waals surface area contributed by atoms with Crippen molar-refractivity contribution in [3.8, 4) is 12.3 Å². The summed E-state index contributed by atoms with van der Waals surface area (Å²) in [6, 6.07) is 45.3. The van der Waals surface area contributed by atoms with Crippen molar-refractivity contribution in [3.63, 3.8) is 0 Å². The first-order valence-corrected chi connectivity index (χ1v) is 45.7. The zero-order chi connectivity index (χ0) is 61.2. The van der Waals surface area contributed by atoms with Crippen molar-refractivity contribution in [1.82, 2.24) is 19.7 Å². The molecular formula is C61H54I8N5O10-. The van der Waals surface area contributed by atoms with Crippen LogP contribution in [-0.2, 0) is 11.2 Å². The Kier molecular flexibility index (Phi) is 34.4. The first kappa shape index (κ1) is 74.7. The monoisotopic (exact) mass is 2030 g/mol. The zero-order valence-corrected chi connectivity index (χ0v) is 62.4. The van der Waals surface area contributed by atoms with Crippen LogP contribution in [0.3, 0.4) is 0 Å². The third kappa shape index (κ3) is 22.3. The van der Waals surface area contributed by atoms with Crippen LogP contribution in [0.25, 0.3) is 10.8 Å². The number of halogens is 8. The molecule has 6 aromatic carbocycles. The van der Waals surface area contributed by atoms with Gasteiger partial charge in [0.2, 0.25) is 0 Å². The van der Waals surface area contributed by atoms with Gasteiger partial charge in [-0.2, -0.15) is 0 Å². The number of imide groups is 3. The summed E-state index contributed by atoms with van der Waals surface area (Å²) in [6.07, 6.45) is 8.83. The van der Waals surface area contributed by atoms with Gasteiger partial charge in [-0.3, -0.25) is 58.2 Å². The molecule has 0 bridgehead atoms. The number of pyridine rings is 1. The predicted octanol–water partition coefficient (Wildman–Crippen LogP) is 10.4. The fourth-order valence-electron chi connectivity index (χ4n) is 7.87. The van der Waals surface area contributed by atoms with Gasteiger partial charge in [0.25, 0.3) is 35.4 Å². The van der Waals surface area contributed by atoms with E-state index in [-0.39, 0.29) is 85.6 Å². The van der Waals surface area contributed by atoms with Crippen molar-refractivity contribution in [1.29, 1.82) is 0 Å². The van der Waals surface area contributed by atoms with E-state index in [0.29, 0.717) is 52.9 Å². The number of carbonyl (C=O) groups is 8. The molecule has 6 amide bonds. The average Bonchev–Trinajstić information content (AvgIpc) is 3.45. The molecule has 3 aliphatic heterocycles. The number of rotatable bonds is 11. The summed E-state index contributed by atoms with van der Waals surface area (Å²) >= 11 is 14.0. The summed E-state index contributed by atoms with van der Waals surface area (Å²) in [7, 11) is 0. The Morgan fingerprint density at radius 3 is 1.31 bits per heavy atom. The third-order valence-electron chi connectivity index (χ3n) is 11.7. The standard InChI is InChI=1S/C20H16N2O3.C13H11NO3.C11H14IN.C10H7NO3.C7H5IO.I3.I2.HI/c23-16(10-15-9-13-5-1-2-6-14(13)11-21-15)12-22-19(24)17-7-3-4-8-18(17)20(22)25;1-2-5-9(15)8-14-12(16)10-6-3-4-7-11(10)13(14)17;1-11(2,3)13-8-9-6-4-5-7-10(9)12;12-6-5-11-9(13)7-3-1-2-4-8(7)10(11)14;8-7-4-2-1-3-6(7)5-9;1-3-2;1-2;/h1-9,11,16,23H,10,12H2;1,3-4,6-7,9,15H,5,8H2;4-8H,1-3H3;1-4,6H,5H2;1-5H;;;1H/q;;;;;-1;;. The second-order valence-corrected chi connectivity index (χ2v) is 37.1. The number of terminal acetylenes is 1. The van der Waals surface area contributed by atoms with Gasteiger partial charge in [0.05, 0.1) is 70.8 Å². The molecule has 0 radical (unpaired) electrons. The first-order valence-electron chi connectivity index (χ1n) is 24.7. The normalized spacial score (nSPS) is 13.2. The molecule has 2 N–H and O–H groups in total. The van der Waals surface area contributed by atoms with Crippen LogP contribution in [0.5, 0.6) is 0 Å². The molecule has 440 valence electrons. The second kappa shape index (κ2) is 38.7. The van der Waals surface area contributed by atoms with E-state index in [2.05, 4.69) is 168 Å². The Labute approximate surface area is 585 Å². The summed E-state index contributed by atoms with van der Waals surface area (Å²) < 4.78 is 2.25. The predicted molar refractivity (Wildman–Crippen MR) is 385 cm³/mol. The maximum atomic E-state index is 12.3. The van der Waals surface area contributed by atoms with E-state index in [1.165, 1.54) is 9.13 Å².